The number of aryl methyl sites for hydroxylation is 3. The summed E-state index contributed by atoms with van der Waals surface area (Å²) in [5, 5.41) is 6.15. The molecule has 0 amide bonds. The SMILES string of the molecule is CCc1cccc(CC)c1-n1nc2c(c1-c1ncc(C)c3[nH]ccc13)CN(c1ncc(C(F)(F)F)cn1)CC2. The molecular formula is C29H28F3N7. The van der Waals surface area contributed by atoms with Crippen molar-refractivity contribution >= 4 is 16.9 Å². The second kappa shape index (κ2) is 9.52. The van der Waals surface area contributed by atoms with Gasteiger partial charge in [-0.1, -0.05) is 32.0 Å². The largest absolute Gasteiger partial charge is 0.419 e. The standard InChI is InChI=1S/C29H28F3N7/c1-4-18-7-6-8-19(5-2)26(18)39-27(25-21-9-11-33-24(21)17(3)13-34-25)22-16-38(12-10-23(22)37-39)28-35-14-20(15-36-28)29(30,31)32/h6-9,11,13-15,33H,4-5,10,12,16H2,1-3H3. The van der Waals surface area contributed by atoms with Crippen molar-refractivity contribution in [3.05, 3.63) is 82.6 Å². The van der Waals surface area contributed by atoms with Crippen LogP contribution in [0.5, 0.6) is 0 Å². The van der Waals surface area contributed by atoms with Crippen molar-refractivity contribution < 1.29 is 13.2 Å². The van der Waals surface area contributed by atoms with Gasteiger partial charge in [-0.3, -0.25) is 4.98 Å². The van der Waals surface area contributed by atoms with Crippen molar-refractivity contribution in [1.82, 2.24) is 29.7 Å². The van der Waals surface area contributed by atoms with Crippen LogP contribution in [-0.4, -0.2) is 36.3 Å². The molecular weight excluding hydrogens is 503 g/mol. The van der Waals surface area contributed by atoms with E-state index in [4.69, 9.17) is 10.1 Å². The molecule has 0 aliphatic carbocycles. The predicted molar refractivity (Wildman–Crippen MR) is 144 cm³/mol. The first-order chi connectivity index (χ1) is 18.8. The van der Waals surface area contributed by atoms with Gasteiger partial charge in [0.1, 0.15) is 0 Å². The summed E-state index contributed by atoms with van der Waals surface area (Å²) in [4.78, 5) is 18.3. The van der Waals surface area contributed by atoms with Gasteiger partial charge in [0.2, 0.25) is 5.95 Å². The number of fused-ring (bicyclic) bond motifs is 2. The highest BCUT2D eigenvalue weighted by Gasteiger charge is 2.33. The van der Waals surface area contributed by atoms with Crippen molar-refractivity contribution in [1.29, 1.82) is 0 Å². The van der Waals surface area contributed by atoms with Crippen LogP contribution < -0.4 is 4.90 Å². The molecule has 0 saturated heterocycles. The maximum absolute atomic E-state index is 13.1. The molecule has 0 unspecified atom stereocenters. The fourth-order valence-electron chi connectivity index (χ4n) is 5.44. The summed E-state index contributed by atoms with van der Waals surface area (Å²) in [6, 6.07) is 8.38. The molecule has 1 N–H and O–H groups in total. The van der Waals surface area contributed by atoms with E-state index in [1.807, 2.05) is 35.0 Å². The third-order valence-corrected chi connectivity index (χ3v) is 7.47. The maximum Gasteiger partial charge on any atom is 0.419 e. The Bertz CT molecular complexity index is 1640. The third-order valence-electron chi connectivity index (χ3n) is 7.47. The molecule has 5 heterocycles. The van der Waals surface area contributed by atoms with Crippen molar-refractivity contribution in [2.24, 2.45) is 0 Å². The molecule has 0 saturated carbocycles. The Labute approximate surface area is 223 Å². The molecule has 0 fully saturated rings. The summed E-state index contributed by atoms with van der Waals surface area (Å²) >= 11 is 0. The van der Waals surface area contributed by atoms with Gasteiger partial charge in [-0.05, 0) is 42.5 Å². The molecule has 6 rings (SSSR count). The van der Waals surface area contributed by atoms with Crippen LogP contribution in [0.1, 0.15) is 47.4 Å². The lowest BCUT2D eigenvalue weighted by atomic mass is 9.99. The highest BCUT2D eigenvalue weighted by molar-refractivity contribution is 5.95. The van der Waals surface area contributed by atoms with E-state index in [1.54, 1.807) is 0 Å². The number of aromatic amines is 1. The van der Waals surface area contributed by atoms with E-state index < -0.39 is 11.7 Å². The molecule has 39 heavy (non-hydrogen) atoms. The number of halogens is 3. The lowest BCUT2D eigenvalue weighted by molar-refractivity contribution is -0.138. The van der Waals surface area contributed by atoms with Crippen LogP contribution in [0.2, 0.25) is 0 Å². The van der Waals surface area contributed by atoms with E-state index in [9.17, 15) is 13.2 Å². The third kappa shape index (κ3) is 4.24. The monoisotopic (exact) mass is 531 g/mol. The van der Waals surface area contributed by atoms with Gasteiger partial charge in [0.05, 0.1) is 33.8 Å². The molecule has 1 aliphatic heterocycles. The van der Waals surface area contributed by atoms with E-state index in [0.29, 0.717) is 19.5 Å². The maximum atomic E-state index is 13.1. The average Bonchev–Trinajstić information content (AvgIpc) is 3.58. The van der Waals surface area contributed by atoms with Crippen LogP contribution in [0.4, 0.5) is 19.1 Å². The topological polar surface area (TPSA) is 75.5 Å². The van der Waals surface area contributed by atoms with Gasteiger partial charge in [-0.2, -0.15) is 18.3 Å². The van der Waals surface area contributed by atoms with Crippen LogP contribution in [0.15, 0.2) is 49.1 Å². The Hall–Kier alpha value is -4.21. The minimum atomic E-state index is -4.48. The average molecular weight is 532 g/mol. The number of hydrogen-bond acceptors (Lipinski definition) is 5. The minimum Gasteiger partial charge on any atom is -0.361 e. The van der Waals surface area contributed by atoms with Crippen molar-refractivity contribution in [3.8, 4) is 17.1 Å². The van der Waals surface area contributed by atoms with E-state index in [0.717, 1.165) is 70.0 Å². The number of H-pyrrole nitrogens is 1. The van der Waals surface area contributed by atoms with E-state index in [-0.39, 0.29) is 5.95 Å². The number of para-hydroxylation sites is 1. The highest BCUT2D eigenvalue weighted by atomic mass is 19.4. The van der Waals surface area contributed by atoms with Crippen LogP contribution in [0.3, 0.4) is 0 Å². The Morgan fingerprint density at radius 1 is 0.974 bits per heavy atom. The number of rotatable bonds is 5. The van der Waals surface area contributed by atoms with E-state index in [1.165, 1.54) is 11.1 Å². The number of benzene rings is 1. The minimum absolute atomic E-state index is 0.263. The summed E-state index contributed by atoms with van der Waals surface area (Å²) < 4.78 is 41.4. The first kappa shape index (κ1) is 25.1. The van der Waals surface area contributed by atoms with E-state index >= 15 is 0 Å². The fourth-order valence-corrected chi connectivity index (χ4v) is 5.44. The lowest BCUT2D eigenvalue weighted by Gasteiger charge is -2.27. The molecule has 4 aromatic heterocycles. The Kier molecular flexibility index (Phi) is 6.12. The summed E-state index contributed by atoms with van der Waals surface area (Å²) in [7, 11) is 0. The van der Waals surface area contributed by atoms with Gasteiger partial charge >= 0.3 is 6.18 Å². The number of pyridine rings is 1. The zero-order valence-electron chi connectivity index (χ0n) is 22.0. The molecule has 0 spiro atoms. The number of nitrogens with zero attached hydrogens (tertiary/aromatic N) is 6. The van der Waals surface area contributed by atoms with Gasteiger partial charge in [-0.15, -0.1) is 0 Å². The van der Waals surface area contributed by atoms with Gasteiger partial charge in [0.25, 0.3) is 0 Å². The van der Waals surface area contributed by atoms with Crippen LogP contribution in [0, 0.1) is 6.92 Å². The summed E-state index contributed by atoms with van der Waals surface area (Å²) in [5.74, 6) is 0.263. The molecule has 200 valence electrons. The molecule has 0 atom stereocenters. The zero-order valence-corrected chi connectivity index (χ0v) is 22.0. The van der Waals surface area contributed by atoms with Crippen molar-refractivity contribution in [2.45, 2.75) is 52.8 Å². The van der Waals surface area contributed by atoms with E-state index in [2.05, 4.69) is 47.0 Å². The first-order valence-corrected chi connectivity index (χ1v) is 13.1. The molecule has 1 aromatic carbocycles. The number of anilines is 1. The second-order valence-electron chi connectivity index (χ2n) is 9.81. The second-order valence-corrected chi connectivity index (χ2v) is 9.81. The number of alkyl halides is 3. The molecule has 1 aliphatic rings. The van der Waals surface area contributed by atoms with Crippen LogP contribution in [-0.2, 0) is 32.0 Å². The fraction of sp³-hybridized carbons (Fsp3) is 0.310. The molecule has 0 bridgehead atoms. The number of hydrogen-bond donors (Lipinski definition) is 1. The number of nitrogens with one attached hydrogen (secondary N) is 1. The first-order valence-electron chi connectivity index (χ1n) is 13.1. The Balaban J connectivity index is 1.55. The van der Waals surface area contributed by atoms with Gasteiger partial charge in [-0.25, -0.2) is 14.6 Å². The van der Waals surface area contributed by atoms with Gasteiger partial charge < -0.3 is 9.88 Å². The summed E-state index contributed by atoms with van der Waals surface area (Å²) in [6.07, 6.45) is 3.29. The van der Waals surface area contributed by atoms with Crippen molar-refractivity contribution in [2.75, 3.05) is 11.4 Å². The highest BCUT2D eigenvalue weighted by Crippen LogP contribution is 2.38. The smallest absolute Gasteiger partial charge is 0.361 e. The molecule has 10 heteroatoms. The number of aromatic nitrogens is 6. The van der Waals surface area contributed by atoms with Crippen molar-refractivity contribution in [3.63, 3.8) is 0 Å². The molecule has 5 aromatic rings. The van der Waals surface area contributed by atoms with Gasteiger partial charge in [0.15, 0.2) is 0 Å². The van der Waals surface area contributed by atoms with Gasteiger partial charge in [0, 0.05) is 55.2 Å². The Morgan fingerprint density at radius 2 is 1.69 bits per heavy atom. The molecule has 7 nitrogen and oxygen atoms in total. The zero-order chi connectivity index (χ0) is 27.3. The lowest BCUT2D eigenvalue weighted by Crippen LogP contribution is -2.31. The summed E-state index contributed by atoms with van der Waals surface area (Å²) in [6.45, 7) is 7.26. The van der Waals surface area contributed by atoms with Crippen LogP contribution in [0.25, 0.3) is 28.0 Å². The Morgan fingerprint density at radius 3 is 2.36 bits per heavy atom. The molecule has 0 radical (unpaired) electrons. The quantitative estimate of drug-likeness (QED) is 0.291. The summed E-state index contributed by atoms with van der Waals surface area (Å²) in [5.41, 5.74) is 8.28. The van der Waals surface area contributed by atoms with Crippen LogP contribution >= 0.6 is 0 Å². The predicted octanol–water partition coefficient (Wildman–Crippen LogP) is 6.22. The normalized spacial score (nSPS) is 13.7.